The van der Waals surface area contributed by atoms with Crippen LogP contribution in [0.15, 0.2) is 27.8 Å². The fraction of sp³-hybridized carbons (Fsp3) is 0.722. The number of likely N-dealkylation sites (tertiary alicyclic amines) is 1. The van der Waals surface area contributed by atoms with E-state index < -0.39 is 5.60 Å². The number of aliphatic hydroxyl groups is 1. The standard InChI is InChI=1S/C18H32N4O2/c1-4-19-17(20-13-15-9-6-7-11-22(15)5-2)21-14-18(3,23)16-10-8-12-24-16/h8,10,12,15,23H,4-7,9,11,13-14H2,1-3H3,(H2,19,20,21). The molecule has 1 fully saturated rings. The van der Waals surface area contributed by atoms with E-state index in [0.717, 1.165) is 25.6 Å². The molecular weight excluding hydrogens is 304 g/mol. The Morgan fingerprint density at radius 2 is 2.25 bits per heavy atom. The third-order valence-electron chi connectivity index (χ3n) is 4.60. The van der Waals surface area contributed by atoms with E-state index in [2.05, 4.69) is 27.4 Å². The van der Waals surface area contributed by atoms with Gasteiger partial charge in [0.15, 0.2) is 5.96 Å². The van der Waals surface area contributed by atoms with Gasteiger partial charge in [0.25, 0.3) is 0 Å². The first-order chi connectivity index (χ1) is 11.6. The summed E-state index contributed by atoms with van der Waals surface area (Å²) in [5.74, 6) is 1.28. The molecule has 6 nitrogen and oxygen atoms in total. The second-order valence-corrected chi connectivity index (χ2v) is 6.61. The highest BCUT2D eigenvalue weighted by Crippen LogP contribution is 2.21. The van der Waals surface area contributed by atoms with Crippen molar-refractivity contribution in [3.8, 4) is 0 Å². The summed E-state index contributed by atoms with van der Waals surface area (Å²) in [4.78, 5) is 7.07. The molecule has 24 heavy (non-hydrogen) atoms. The van der Waals surface area contributed by atoms with E-state index in [0.29, 0.717) is 11.8 Å². The van der Waals surface area contributed by atoms with Crippen LogP contribution >= 0.6 is 0 Å². The molecule has 2 rings (SSSR count). The number of hydrogen-bond donors (Lipinski definition) is 3. The molecule has 3 N–H and O–H groups in total. The lowest BCUT2D eigenvalue weighted by atomic mass is 10.0. The average molecular weight is 336 g/mol. The zero-order valence-electron chi connectivity index (χ0n) is 15.2. The summed E-state index contributed by atoms with van der Waals surface area (Å²) in [6, 6.07) is 4.11. The van der Waals surface area contributed by atoms with E-state index in [-0.39, 0.29) is 6.54 Å². The minimum absolute atomic E-state index is 0.248. The Morgan fingerprint density at radius 3 is 2.92 bits per heavy atom. The molecule has 0 bridgehead atoms. The Bertz CT molecular complexity index is 499. The first-order valence-corrected chi connectivity index (χ1v) is 9.09. The van der Waals surface area contributed by atoms with E-state index >= 15 is 0 Å². The molecule has 0 amide bonds. The van der Waals surface area contributed by atoms with Gasteiger partial charge in [-0.05, 0) is 51.9 Å². The van der Waals surface area contributed by atoms with Gasteiger partial charge < -0.3 is 20.2 Å². The molecular formula is C18H32N4O2. The summed E-state index contributed by atoms with van der Waals surface area (Å²) >= 11 is 0. The highest BCUT2D eigenvalue weighted by atomic mass is 16.4. The first-order valence-electron chi connectivity index (χ1n) is 9.09. The predicted octanol–water partition coefficient (Wildman–Crippen LogP) is 1.92. The van der Waals surface area contributed by atoms with Crippen LogP contribution in [-0.4, -0.2) is 54.7 Å². The number of hydrogen-bond acceptors (Lipinski definition) is 4. The topological polar surface area (TPSA) is 73.0 Å². The quantitative estimate of drug-likeness (QED) is 0.524. The van der Waals surface area contributed by atoms with Crippen molar-refractivity contribution in [2.45, 2.75) is 51.7 Å². The molecule has 2 heterocycles. The maximum absolute atomic E-state index is 10.5. The number of furan rings is 1. The van der Waals surface area contributed by atoms with Crippen LogP contribution in [-0.2, 0) is 5.60 Å². The van der Waals surface area contributed by atoms with Gasteiger partial charge in [0.2, 0.25) is 0 Å². The van der Waals surface area contributed by atoms with Crippen LogP contribution in [0.25, 0.3) is 0 Å². The van der Waals surface area contributed by atoms with Crippen LogP contribution in [0.4, 0.5) is 0 Å². The Kier molecular flexibility index (Phi) is 7.12. The van der Waals surface area contributed by atoms with E-state index in [1.54, 1.807) is 25.3 Å². The van der Waals surface area contributed by atoms with Crippen LogP contribution in [0.2, 0.25) is 0 Å². The first kappa shape index (κ1) is 18.8. The number of guanidine groups is 1. The lowest BCUT2D eigenvalue weighted by Gasteiger charge is -2.35. The molecule has 1 saturated heterocycles. The Hall–Kier alpha value is -1.53. The molecule has 0 radical (unpaired) electrons. The van der Waals surface area contributed by atoms with Crippen LogP contribution in [0.3, 0.4) is 0 Å². The van der Waals surface area contributed by atoms with Crippen LogP contribution < -0.4 is 10.6 Å². The van der Waals surface area contributed by atoms with Gasteiger partial charge >= 0.3 is 0 Å². The summed E-state index contributed by atoms with van der Waals surface area (Å²) in [5.41, 5.74) is -1.11. The van der Waals surface area contributed by atoms with Gasteiger partial charge in [-0.15, -0.1) is 0 Å². The number of nitrogens with zero attached hydrogens (tertiary/aromatic N) is 2. The summed E-state index contributed by atoms with van der Waals surface area (Å²) < 4.78 is 5.31. The molecule has 2 atom stereocenters. The van der Waals surface area contributed by atoms with Crippen molar-refractivity contribution in [2.75, 3.05) is 32.7 Å². The molecule has 0 aromatic carbocycles. The smallest absolute Gasteiger partial charge is 0.191 e. The normalized spacial score (nSPS) is 22.2. The highest BCUT2D eigenvalue weighted by molar-refractivity contribution is 5.79. The number of nitrogens with one attached hydrogen (secondary N) is 2. The summed E-state index contributed by atoms with van der Waals surface area (Å²) in [6.45, 7) is 10.2. The van der Waals surface area contributed by atoms with Crippen molar-refractivity contribution in [3.05, 3.63) is 24.2 Å². The second kappa shape index (κ2) is 9.08. The van der Waals surface area contributed by atoms with Gasteiger partial charge in [0, 0.05) is 19.1 Å². The lowest BCUT2D eigenvalue weighted by molar-refractivity contribution is 0.0436. The van der Waals surface area contributed by atoms with Crippen molar-refractivity contribution in [2.24, 2.45) is 4.99 Å². The van der Waals surface area contributed by atoms with Crippen LogP contribution in [0.1, 0.15) is 45.8 Å². The fourth-order valence-electron chi connectivity index (χ4n) is 3.16. The van der Waals surface area contributed by atoms with Gasteiger partial charge in [-0.2, -0.15) is 0 Å². The number of rotatable bonds is 7. The molecule has 1 aliphatic heterocycles. The molecule has 0 spiro atoms. The van der Waals surface area contributed by atoms with Gasteiger partial charge in [0.05, 0.1) is 12.8 Å². The molecule has 1 aromatic rings. The molecule has 0 aliphatic carbocycles. The molecule has 0 saturated carbocycles. The van der Waals surface area contributed by atoms with E-state index in [9.17, 15) is 5.11 Å². The van der Waals surface area contributed by atoms with Gasteiger partial charge in [-0.3, -0.25) is 4.90 Å². The third kappa shape index (κ3) is 5.24. The Balaban J connectivity index is 1.93. The highest BCUT2D eigenvalue weighted by Gasteiger charge is 2.26. The Morgan fingerprint density at radius 1 is 1.42 bits per heavy atom. The average Bonchev–Trinajstić information content (AvgIpc) is 3.13. The van der Waals surface area contributed by atoms with Crippen molar-refractivity contribution in [1.29, 1.82) is 0 Å². The number of likely N-dealkylation sites (N-methyl/N-ethyl adjacent to an activating group) is 1. The van der Waals surface area contributed by atoms with E-state index in [4.69, 9.17) is 4.42 Å². The van der Waals surface area contributed by atoms with E-state index in [1.165, 1.54) is 25.8 Å². The van der Waals surface area contributed by atoms with E-state index in [1.807, 2.05) is 6.92 Å². The molecule has 6 heteroatoms. The zero-order chi connectivity index (χ0) is 17.4. The second-order valence-electron chi connectivity index (χ2n) is 6.61. The maximum atomic E-state index is 10.5. The minimum atomic E-state index is -1.11. The zero-order valence-corrected chi connectivity index (χ0v) is 15.2. The largest absolute Gasteiger partial charge is 0.466 e. The summed E-state index contributed by atoms with van der Waals surface area (Å²) in [6.07, 6.45) is 5.39. The molecule has 1 aliphatic rings. The number of aliphatic imine (C=N–C) groups is 1. The number of piperidine rings is 1. The fourth-order valence-corrected chi connectivity index (χ4v) is 3.16. The molecule has 1 aromatic heterocycles. The van der Waals surface area contributed by atoms with Crippen molar-refractivity contribution in [3.63, 3.8) is 0 Å². The molecule has 136 valence electrons. The van der Waals surface area contributed by atoms with Gasteiger partial charge in [-0.1, -0.05) is 13.3 Å². The molecule has 2 unspecified atom stereocenters. The van der Waals surface area contributed by atoms with Gasteiger partial charge in [0.1, 0.15) is 11.4 Å². The summed E-state index contributed by atoms with van der Waals surface area (Å²) in [5, 5.41) is 17.2. The predicted molar refractivity (Wildman–Crippen MR) is 97.1 cm³/mol. The Labute approximate surface area is 145 Å². The minimum Gasteiger partial charge on any atom is -0.466 e. The van der Waals surface area contributed by atoms with Crippen LogP contribution in [0, 0.1) is 0 Å². The summed E-state index contributed by atoms with van der Waals surface area (Å²) in [7, 11) is 0. The third-order valence-corrected chi connectivity index (χ3v) is 4.60. The lowest BCUT2D eigenvalue weighted by Crippen LogP contribution is -2.49. The SMILES string of the molecule is CCNC(=NCC(C)(O)c1ccco1)NCC1CCCCN1CC. The van der Waals surface area contributed by atoms with Crippen molar-refractivity contribution in [1.82, 2.24) is 15.5 Å². The van der Waals surface area contributed by atoms with Gasteiger partial charge in [-0.25, -0.2) is 4.99 Å². The monoisotopic (exact) mass is 336 g/mol. The van der Waals surface area contributed by atoms with Crippen molar-refractivity contribution >= 4 is 5.96 Å². The van der Waals surface area contributed by atoms with Crippen molar-refractivity contribution < 1.29 is 9.52 Å². The maximum Gasteiger partial charge on any atom is 0.191 e. The van der Waals surface area contributed by atoms with Crippen LogP contribution in [0.5, 0.6) is 0 Å².